The average Bonchev–Trinajstić information content (AvgIpc) is 2.70. The Bertz CT molecular complexity index is 764. The molecule has 1 aromatic carbocycles. The number of methoxy groups -OCH3 is 1. The lowest BCUT2D eigenvalue weighted by molar-refractivity contribution is 0.171. The summed E-state index contributed by atoms with van der Waals surface area (Å²) in [4.78, 5) is 2.22. The van der Waals surface area contributed by atoms with Crippen molar-refractivity contribution in [1.82, 2.24) is 14.5 Å². The zero-order chi connectivity index (χ0) is 19.3. The van der Waals surface area contributed by atoms with Gasteiger partial charge in [0.1, 0.15) is 13.2 Å². The second-order valence-corrected chi connectivity index (χ2v) is 8.60. The van der Waals surface area contributed by atoms with E-state index in [1.807, 2.05) is 4.90 Å². The van der Waals surface area contributed by atoms with Crippen LogP contribution in [0.1, 0.15) is 6.42 Å². The van der Waals surface area contributed by atoms with E-state index in [-0.39, 0.29) is 4.90 Å². The Morgan fingerprint density at radius 3 is 2.59 bits per heavy atom. The van der Waals surface area contributed by atoms with Gasteiger partial charge in [0.05, 0.1) is 4.90 Å². The molecule has 1 saturated heterocycles. The summed E-state index contributed by atoms with van der Waals surface area (Å²) >= 11 is 5.39. The monoisotopic (exact) mass is 415 g/mol. The van der Waals surface area contributed by atoms with Gasteiger partial charge < -0.3 is 24.4 Å². The first-order valence-corrected chi connectivity index (χ1v) is 10.8. The number of fused-ring (bicyclic) bond motifs is 1. The molecule has 0 radical (unpaired) electrons. The van der Waals surface area contributed by atoms with E-state index in [4.69, 9.17) is 26.4 Å². The Hall–Kier alpha value is -1.62. The van der Waals surface area contributed by atoms with Crippen LogP contribution in [0.3, 0.4) is 0 Å². The van der Waals surface area contributed by atoms with Crippen LogP contribution in [0.25, 0.3) is 0 Å². The summed E-state index contributed by atoms with van der Waals surface area (Å²) in [6.07, 6.45) is 0.870. The summed E-state index contributed by atoms with van der Waals surface area (Å²) in [6, 6.07) is 4.76. The molecule has 10 heteroatoms. The van der Waals surface area contributed by atoms with Crippen molar-refractivity contribution in [2.45, 2.75) is 11.3 Å². The fraction of sp³-hybridized carbons (Fsp3) is 0.588. The van der Waals surface area contributed by atoms with Gasteiger partial charge in [-0.05, 0) is 30.8 Å². The number of thiocarbonyl (C=S) groups is 1. The van der Waals surface area contributed by atoms with E-state index >= 15 is 0 Å². The fourth-order valence-corrected chi connectivity index (χ4v) is 4.71. The molecule has 0 aromatic heterocycles. The highest BCUT2D eigenvalue weighted by molar-refractivity contribution is 7.89. The number of benzene rings is 1. The van der Waals surface area contributed by atoms with Gasteiger partial charge in [-0.1, -0.05) is 0 Å². The standard InChI is InChI=1S/C17H25N3O5S2/c1-23-10-2-5-18-17(26)19-6-8-20(9-7-19)27(21,22)14-3-4-15-16(13-14)25-12-11-24-15/h3-4,13H,2,5-12H2,1H3,(H,18,26). The Kier molecular flexibility index (Phi) is 6.74. The van der Waals surface area contributed by atoms with Crippen molar-refractivity contribution in [1.29, 1.82) is 0 Å². The molecule has 2 heterocycles. The quantitative estimate of drug-likeness (QED) is 0.537. The number of hydrogen-bond donors (Lipinski definition) is 1. The van der Waals surface area contributed by atoms with Gasteiger partial charge in [0.25, 0.3) is 0 Å². The van der Waals surface area contributed by atoms with Gasteiger partial charge in [-0.25, -0.2) is 8.42 Å². The van der Waals surface area contributed by atoms with Crippen molar-refractivity contribution >= 4 is 27.4 Å². The Morgan fingerprint density at radius 1 is 1.19 bits per heavy atom. The topological polar surface area (TPSA) is 80.3 Å². The summed E-state index contributed by atoms with van der Waals surface area (Å²) in [5.74, 6) is 1.05. The maximum atomic E-state index is 12.9. The van der Waals surface area contributed by atoms with Crippen LogP contribution in [-0.2, 0) is 14.8 Å². The molecule has 0 saturated carbocycles. The summed E-state index contributed by atoms with van der Waals surface area (Å²) in [7, 11) is -1.91. The van der Waals surface area contributed by atoms with Crippen molar-refractivity contribution in [2.24, 2.45) is 0 Å². The highest BCUT2D eigenvalue weighted by Gasteiger charge is 2.30. The minimum atomic E-state index is -3.58. The van der Waals surface area contributed by atoms with Crippen LogP contribution in [0.15, 0.2) is 23.1 Å². The lowest BCUT2D eigenvalue weighted by Gasteiger charge is -2.35. The molecule has 27 heavy (non-hydrogen) atoms. The fourth-order valence-electron chi connectivity index (χ4n) is 2.99. The molecule has 0 unspecified atom stereocenters. The maximum absolute atomic E-state index is 12.9. The van der Waals surface area contributed by atoms with Gasteiger partial charge >= 0.3 is 0 Å². The SMILES string of the molecule is COCCCNC(=S)N1CCN(S(=O)(=O)c2ccc3c(c2)OCCO3)CC1. The third kappa shape index (κ3) is 4.81. The van der Waals surface area contributed by atoms with Gasteiger partial charge in [-0.15, -0.1) is 0 Å². The zero-order valence-electron chi connectivity index (χ0n) is 15.3. The lowest BCUT2D eigenvalue weighted by atomic mass is 10.3. The molecule has 1 aromatic rings. The van der Waals surface area contributed by atoms with Crippen molar-refractivity contribution in [3.63, 3.8) is 0 Å². The molecule has 0 aliphatic carbocycles. The van der Waals surface area contributed by atoms with Crippen LogP contribution in [-0.4, -0.2) is 82.4 Å². The zero-order valence-corrected chi connectivity index (χ0v) is 17.0. The van der Waals surface area contributed by atoms with Crippen LogP contribution in [0.2, 0.25) is 0 Å². The van der Waals surface area contributed by atoms with E-state index in [0.29, 0.717) is 62.6 Å². The lowest BCUT2D eigenvalue weighted by Crippen LogP contribution is -2.53. The average molecular weight is 416 g/mol. The molecule has 0 spiro atoms. The van der Waals surface area contributed by atoms with Crippen LogP contribution in [0.4, 0.5) is 0 Å². The number of rotatable bonds is 6. The molecule has 0 atom stereocenters. The van der Waals surface area contributed by atoms with Crippen LogP contribution >= 0.6 is 12.2 Å². The third-order valence-corrected chi connectivity index (χ3v) is 6.78. The van der Waals surface area contributed by atoms with Crippen LogP contribution < -0.4 is 14.8 Å². The number of hydrogen-bond acceptors (Lipinski definition) is 6. The second-order valence-electron chi connectivity index (χ2n) is 6.27. The van der Waals surface area contributed by atoms with Crippen LogP contribution in [0, 0.1) is 0 Å². The first kappa shape index (κ1) is 20.1. The number of nitrogens with zero attached hydrogens (tertiary/aromatic N) is 2. The van der Waals surface area contributed by atoms with Gasteiger partial charge in [0, 0.05) is 52.5 Å². The van der Waals surface area contributed by atoms with E-state index < -0.39 is 10.0 Å². The van der Waals surface area contributed by atoms with Crippen molar-refractivity contribution in [2.75, 3.05) is 59.7 Å². The molecule has 1 fully saturated rings. The molecule has 150 valence electrons. The van der Waals surface area contributed by atoms with Gasteiger partial charge in [-0.2, -0.15) is 4.31 Å². The largest absolute Gasteiger partial charge is 0.486 e. The van der Waals surface area contributed by atoms with E-state index in [1.54, 1.807) is 19.2 Å². The minimum Gasteiger partial charge on any atom is -0.486 e. The Balaban J connectivity index is 1.57. The second kappa shape index (κ2) is 9.05. The first-order chi connectivity index (χ1) is 13.0. The van der Waals surface area contributed by atoms with E-state index in [0.717, 1.165) is 13.0 Å². The summed E-state index contributed by atoms with van der Waals surface area (Å²) in [5.41, 5.74) is 0. The predicted octanol–water partition coefficient (Wildman–Crippen LogP) is 0.675. The first-order valence-electron chi connectivity index (χ1n) is 8.94. The van der Waals surface area contributed by atoms with Crippen molar-refractivity contribution in [3.8, 4) is 11.5 Å². The highest BCUT2D eigenvalue weighted by Crippen LogP contribution is 2.33. The number of sulfonamides is 1. The van der Waals surface area contributed by atoms with Crippen molar-refractivity contribution in [3.05, 3.63) is 18.2 Å². The third-order valence-electron chi connectivity index (χ3n) is 4.48. The Labute approximate surface area is 165 Å². The van der Waals surface area contributed by atoms with Gasteiger partial charge in [0.15, 0.2) is 16.6 Å². The van der Waals surface area contributed by atoms with Crippen molar-refractivity contribution < 1.29 is 22.6 Å². The molecule has 0 bridgehead atoms. The van der Waals surface area contributed by atoms with E-state index in [2.05, 4.69) is 5.32 Å². The van der Waals surface area contributed by atoms with Gasteiger partial charge in [0.2, 0.25) is 10.0 Å². The van der Waals surface area contributed by atoms with E-state index in [1.165, 1.54) is 10.4 Å². The molecule has 8 nitrogen and oxygen atoms in total. The minimum absolute atomic E-state index is 0.223. The summed E-state index contributed by atoms with van der Waals surface area (Å²) in [6.45, 7) is 4.19. The molecular formula is C17H25N3O5S2. The number of nitrogens with one attached hydrogen (secondary N) is 1. The molecule has 2 aliphatic rings. The molecule has 1 N–H and O–H groups in total. The molecule has 3 rings (SSSR count). The van der Waals surface area contributed by atoms with Gasteiger partial charge in [-0.3, -0.25) is 0 Å². The molecule has 0 amide bonds. The maximum Gasteiger partial charge on any atom is 0.243 e. The van der Waals surface area contributed by atoms with Crippen LogP contribution in [0.5, 0.6) is 11.5 Å². The molecule has 2 aliphatic heterocycles. The normalized spacial score (nSPS) is 17.6. The molecular weight excluding hydrogens is 390 g/mol. The Morgan fingerprint density at radius 2 is 1.89 bits per heavy atom. The number of ether oxygens (including phenoxy) is 3. The highest BCUT2D eigenvalue weighted by atomic mass is 32.2. The summed E-state index contributed by atoms with van der Waals surface area (Å²) < 4.78 is 43.3. The predicted molar refractivity (Wildman–Crippen MR) is 105 cm³/mol. The van der Waals surface area contributed by atoms with E-state index in [9.17, 15) is 8.42 Å². The number of piperazine rings is 1. The smallest absolute Gasteiger partial charge is 0.243 e. The summed E-state index contributed by atoms with van der Waals surface area (Å²) in [5, 5.41) is 3.84.